The first-order valence-electron chi connectivity index (χ1n) is 8.94. The Kier molecular flexibility index (Phi) is 5.58. The van der Waals surface area contributed by atoms with E-state index in [1.807, 2.05) is 6.07 Å². The van der Waals surface area contributed by atoms with Crippen molar-refractivity contribution in [2.75, 3.05) is 6.61 Å². The molecule has 0 aliphatic carbocycles. The van der Waals surface area contributed by atoms with Crippen molar-refractivity contribution >= 4 is 61.5 Å². The van der Waals surface area contributed by atoms with Crippen LogP contribution in [0.1, 0.15) is 33.3 Å². The maximum absolute atomic E-state index is 12.1. The summed E-state index contributed by atoms with van der Waals surface area (Å²) in [4.78, 5) is 19.9. The van der Waals surface area contributed by atoms with Gasteiger partial charge in [-0.05, 0) is 43.6 Å². The van der Waals surface area contributed by atoms with E-state index < -0.39 is 12.0 Å². The van der Waals surface area contributed by atoms with E-state index in [2.05, 4.69) is 34.6 Å². The smallest absolute Gasteiger partial charge is 0.358 e. The predicted octanol–water partition coefficient (Wildman–Crippen LogP) is 5.08. The molecule has 0 spiro atoms. The topological polar surface area (TPSA) is 131 Å². The lowest BCUT2D eigenvalue weighted by atomic mass is 10.2. The van der Waals surface area contributed by atoms with Crippen LogP contribution in [0.2, 0.25) is 0 Å². The molecule has 1 aromatic carbocycles. The number of azo groups is 1. The zero-order valence-corrected chi connectivity index (χ0v) is 17.9. The van der Waals surface area contributed by atoms with E-state index in [-0.39, 0.29) is 6.61 Å². The first-order chi connectivity index (χ1) is 15.0. The van der Waals surface area contributed by atoms with Crippen LogP contribution >= 0.6 is 22.9 Å². The number of benzene rings is 1. The zero-order valence-electron chi connectivity index (χ0n) is 16.2. The number of rotatable bonds is 5. The van der Waals surface area contributed by atoms with E-state index in [4.69, 9.17) is 16.6 Å². The summed E-state index contributed by atoms with van der Waals surface area (Å²) >= 11 is 2.18. The van der Waals surface area contributed by atoms with Crippen LogP contribution < -0.4 is 0 Å². The van der Waals surface area contributed by atoms with Gasteiger partial charge in [0.1, 0.15) is 11.0 Å². The molecule has 1 atom stereocenters. The number of nitriles is 1. The molecule has 0 amide bonds. The van der Waals surface area contributed by atoms with Crippen molar-refractivity contribution in [2.24, 2.45) is 10.2 Å². The number of ether oxygens (including phenoxy) is 1. The Balaban J connectivity index is 1.71. The third kappa shape index (κ3) is 3.82. The van der Waals surface area contributed by atoms with E-state index in [0.29, 0.717) is 48.2 Å². The lowest BCUT2D eigenvalue weighted by Crippen LogP contribution is -2.03. The van der Waals surface area contributed by atoms with Gasteiger partial charge in [0.25, 0.3) is 0 Å². The largest absolute Gasteiger partial charge is 0.462 e. The number of hydrogen-bond donors (Lipinski definition) is 0. The van der Waals surface area contributed by atoms with Crippen molar-refractivity contribution in [3.8, 4) is 6.07 Å². The van der Waals surface area contributed by atoms with Crippen molar-refractivity contribution in [3.05, 3.63) is 45.2 Å². The maximum Gasteiger partial charge on any atom is 0.358 e. The van der Waals surface area contributed by atoms with Crippen molar-refractivity contribution < 1.29 is 9.53 Å². The number of aromatic nitrogens is 4. The average Bonchev–Trinajstić information content (AvgIpc) is 3.37. The van der Waals surface area contributed by atoms with E-state index >= 15 is 0 Å². The second-order valence-electron chi connectivity index (χ2n) is 6.13. The highest BCUT2D eigenvalue weighted by molar-refractivity contribution is 7.15. The molecule has 0 fully saturated rings. The fourth-order valence-electron chi connectivity index (χ4n) is 2.71. The van der Waals surface area contributed by atoms with Crippen LogP contribution in [0.4, 0.5) is 10.7 Å². The van der Waals surface area contributed by atoms with Gasteiger partial charge in [-0.15, -0.1) is 20.4 Å². The summed E-state index contributed by atoms with van der Waals surface area (Å²) in [5.41, 5.74) is 2.68. The number of esters is 1. The monoisotopic (exact) mass is 448 g/mol. The van der Waals surface area contributed by atoms with Crippen molar-refractivity contribution in [1.29, 1.82) is 5.26 Å². The third-order valence-electron chi connectivity index (χ3n) is 4.15. The Morgan fingerprint density at radius 2 is 2.19 bits per heavy atom. The summed E-state index contributed by atoms with van der Waals surface area (Å²) in [7, 11) is 0. The van der Waals surface area contributed by atoms with E-state index in [1.54, 1.807) is 32.0 Å². The molecule has 0 aliphatic heterocycles. The Bertz CT molecular complexity index is 1410. The number of aryl methyl sites for hydroxylation is 1. The quantitative estimate of drug-likeness (QED) is 0.236. The summed E-state index contributed by atoms with van der Waals surface area (Å²) in [5.74, 6) is -0.481. The molecule has 3 heterocycles. The molecule has 4 aromatic rings. The van der Waals surface area contributed by atoms with Gasteiger partial charge >= 0.3 is 12.0 Å². The number of carbonyl (C=O) groups is 1. The molecule has 1 unspecified atom stereocenters. The van der Waals surface area contributed by atoms with Gasteiger partial charge in [0.15, 0.2) is 21.0 Å². The number of hydrogen-bond acceptors (Lipinski definition) is 11. The van der Waals surface area contributed by atoms with E-state index in [1.165, 1.54) is 0 Å². The van der Waals surface area contributed by atoms with Gasteiger partial charge in [-0.2, -0.15) is 9.64 Å². The second-order valence-corrected chi connectivity index (χ2v) is 7.92. The lowest BCUT2D eigenvalue weighted by molar-refractivity contribution is 0.0534. The van der Waals surface area contributed by atoms with Gasteiger partial charge in [-0.3, -0.25) is 4.85 Å². The average molecular weight is 448 g/mol. The summed E-state index contributed by atoms with van der Waals surface area (Å²) in [6.07, 6.45) is 0. The second kappa shape index (κ2) is 8.47. The van der Waals surface area contributed by atoms with Crippen LogP contribution in [-0.4, -0.2) is 32.1 Å². The van der Waals surface area contributed by atoms with Crippen LogP contribution in [0.5, 0.6) is 0 Å². The first-order valence-corrected chi connectivity index (χ1v) is 10.5. The summed E-state index contributed by atoms with van der Waals surface area (Å²) in [6, 6.07) is 6.20. The highest BCUT2D eigenvalue weighted by Gasteiger charge is 2.21. The first kappa shape index (κ1) is 20.4. The van der Waals surface area contributed by atoms with Crippen molar-refractivity contribution in [2.45, 2.75) is 19.9 Å². The molecule has 4 rings (SSSR count). The van der Waals surface area contributed by atoms with Crippen LogP contribution in [0.15, 0.2) is 28.4 Å². The molecule has 0 saturated carbocycles. The molecule has 10 nitrogen and oxygen atoms in total. The van der Waals surface area contributed by atoms with E-state index in [0.717, 1.165) is 22.9 Å². The number of carbonyl (C=O) groups excluding carboxylic acids is 1. The maximum atomic E-state index is 12.1. The van der Waals surface area contributed by atoms with Gasteiger partial charge < -0.3 is 4.74 Å². The number of fused-ring (bicyclic) bond motifs is 3. The van der Waals surface area contributed by atoms with E-state index in [9.17, 15) is 4.79 Å². The Morgan fingerprint density at radius 1 is 1.35 bits per heavy atom. The minimum absolute atomic E-state index is 0.257. The summed E-state index contributed by atoms with van der Waals surface area (Å²) < 4.78 is 9.42. The highest BCUT2D eigenvalue weighted by atomic mass is 32.1. The molecular weight excluding hydrogens is 436 g/mol. The highest BCUT2D eigenvalue weighted by Crippen LogP contribution is 2.34. The van der Waals surface area contributed by atoms with Crippen molar-refractivity contribution in [1.82, 2.24) is 19.6 Å². The fourth-order valence-corrected chi connectivity index (χ4v) is 4.31. The molecule has 0 N–H and O–H groups in total. The minimum Gasteiger partial charge on any atom is -0.462 e. The van der Waals surface area contributed by atoms with Crippen LogP contribution in [0.3, 0.4) is 0 Å². The number of thiazole rings is 1. The van der Waals surface area contributed by atoms with Gasteiger partial charge in [-0.1, -0.05) is 11.3 Å². The summed E-state index contributed by atoms with van der Waals surface area (Å²) in [5, 5.41) is 27.4. The zero-order chi connectivity index (χ0) is 22.0. The van der Waals surface area contributed by atoms with Gasteiger partial charge in [0.2, 0.25) is 0 Å². The minimum atomic E-state index is -0.946. The standard InChI is InChI=1S/C19H12N8O2S2/c1-4-29-19(28)16-15-14(27-31-16)11-7-10(5-6-12(11)24-25-15)23-26-17-9(2)22-18(30-17)13(8-20)21-3/h5-7,13H,4H2,1-2H3. The van der Waals surface area contributed by atoms with Crippen molar-refractivity contribution in [3.63, 3.8) is 0 Å². The third-order valence-corrected chi connectivity index (χ3v) is 6.06. The molecule has 0 radical (unpaired) electrons. The lowest BCUT2D eigenvalue weighted by Gasteiger charge is -2.00. The molecule has 152 valence electrons. The van der Waals surface area contributed by atoms with Gasteiger partial charge in [-0.25, -0.2) is 16.4 Å². The Hall–Kier alpha value is -3.87. The molecule has 3 aromatic heterocycles. The molecule has 0 saturated heterocycles. The predicted molar refractivity (Wildman–Crippen MR) is 115 cm³/mol. The Labute approximate surface area is 183 Å². The number of nitrogens with zero attached hydrogens (tertiary/aromatic N) is 8. The molecular formula is C19H12N8O2S2. The molecule has 0 aliphatic rings. The molecule has 12 heteroatoms. The van der Waals surface area contributed by atoms with Crippen LogP contribution in [-0.2, 0) is 4.74 Å². The van der Waals surface area contributed by atoms with Crippen LogP contribution in [0.25, 0.3) is 26.8 Å². The van der Waals surface area contributed by atoms with Gasteiger partial charge in [0.05, 0.1) is 23.5 Å². The fraction of sp³-hybridized carbons (Fsp3) is 0.211. The normalized spacial score (nSPS) is 12.1. The van der Waals surface area contributed by atoms with Gasteiger partial charge in [0, 0.05) is 5.39 Å². The molecule has 0 bridgehead atoms. The SMILES string of the molecule is [C-]#[N+]C(C#N)c1nc(C)c(N=Nc2ccc3nnc4c(C(=O)OCC)snc4c3c2)s1. The summed E-state index contributed by atoms with van der Waals surface area (Å²) in [6.45, 7) is 10.8. The Morgan fingerprint density at radius 3 is 2.94 bits per heavy atom. The van der Waals surface area contributed by atoms with Crippen LogP contribution in [0, 0.1) is 24.8 Å². The molecule has 31 heavy (non-hydrogen) atoms.